The highest BCUT2D eigenvalue weighted by molar-refractivity contribution is 5.87. The van der Waals surface area contributed by atoms with E-state index in [9.17, 15) is 4.79 Å². The molecule has 6 heteroatoms. The second-order valence-electron chi connectivity index (χ2n) is 3.67. The molecular weight excluding hydrogens is 198 g/mol. The number of likely N-dealkylation sites (N-methyl/N-ethyl adjacent to an activating group) is 1. The van der Waals surface area contributed by atoms with Crippen molar-refractivity contribution in [2.75, 3.05) is 26.8 Å². The van der Waals surface area contributed by atoms with Gasteiger partial charge in [0.1, 0.15) is 0 Å². The maximum Gasteiger partial charge on any atom is 0.226 e. The summed E-state index contributed by atoms with van der Waals surface area (Å²) in [5.41, 5.74) is 5.32. The Morgan fingerprint density at radius 1 is 1.60 bits per heavy atom. The van der Waals surface area contributed by atoms with Crippen LogP contribution in [0.4, 0.5) is 0 Å². The maximum absolute atomic E-state index is 11.8. The van der Waals surface area contributed by atoms with Gasteiger partial charge in [0.25, 0.3) is 0 Å². The van der Waals surface area contributed by atoms with Crippen LogP contribution < -0.4 is 5.73 Å². The Morgan fingerprint density at radius 2 is 2.20 bits per heavy atom. The van der Waals surface area contributed by atoms with Gasteiger partial charge < -0.3 is 20.6 Å². The average molecular weight is 215 g/mol. The molecule has 1 rings (SSSR count). The Balaban J connectivity index is 2.44. The third-order valence-corrected chi connectivity index (χ3v) is 2.47. The first-order valence-electron chi connectivity index (χ1n) is 4.94. The Bertz CT molecular complexity index is 249. The summed E-state index contributed by atoms with van der Waals surface area (Å²) in [5, 5.41) is 11.2. The van der Waals surface area contributed by atoms with E-state index >= 15 is 0 Å². The van der Waals surface area contributed by atoms with Gasteiger partial charge in [-0.3, -0.25) is 4.79 Å². The van der Waals surface area contributed by atoms with Gasteiger partial charge in [0.15, 0.2) is 5.84 Å². The molecule has 1 fully saturated rings. The number of hydrogen-bond acceptors (Lipinski definition) is 4. The molecule has 0 aliphatic carbocycles. The lowest BCUT2D eigenvalue weighted by atomic mass is 9.99. The van der Waals surface area contributed by atoms with Gasteiger partial charge >= 0.3 is 0 Å². The summed E-state index contributed by atoms with van der Waals surface area (Å²) in [7, 11) is 1.65. The molecular formula is C9H17N3O3. The predicted octanol–water partition coefficient (Wildman–Crippen LogP) is -0.382. The first-order valence-corrected chi connectivity index (χ1v) is 4.94. The summed E-state index contributed by atoms with van der Waals surface area (Å²) < 4.78 is 5.17. The van der Waals surface area contributed by atoms with Crippen molar-refractivity contribution in [1.29, 1.82) is 0 Å². The number of carbonyl (C=O) groups excluding carboxylic acids is 1. The van der Waals surface area contributed by atoms with Gasteiger partial charge in [0, 0.05) is 26.2 Å². The molecule has 0 saturated carbocycles. The fraction of sp³-hybridized carbons (Fsp3) is 0.778. The highest BCUT2D eigenvalue weighted by Crippen LogP contribution is 2.16. The molecule has 6 nitrogen and oxygen atoms in total. The maximum atomic E-state index is 11.8. The minimum atomic E-state index is 0.00948. The number of amidine groups is 1. The van der Waals surface area contributed by atoms with Gasteiger partial charge in [0.05, 0.1) is 6.54 Å². The molecule has 0 spiro atoms. The van der Waals surface area contributed by atoms with Crippen LogP contribution in [0.25, 0.3) is 0 Å². The smallest absolute Gasteiger partial charge is 0.226 e. The summed E-state index contributed by atoms with van der Waals surface area (Å²) in [6, 6.07) is 0. The summed E-state index contributed by atoms with van der Waals surface area (Å²) in [4.78, 5) is 13.3. The minimum absolute atomic E-state index is 0.00948. The molecule has 3 N–H and O–H groups in total. The van der Waals surface area contributed by atoms with Crippen LogP contribution in [0.2, 0.25) is 0 Å². The molecule has 0 atom stereocenters. The monoisotopic (exact) mass is 215 g/mol. The van der Waals surface area contributed by atoms with Crippen LogP contribution in [0.15, 0.2) is 5.16 Å². The van der Waals surface area contributed by atoms with Crippen molar-refractivity contribution in [1.82, 2.24) is 4.90 Å². The Kier molecular flexibility index (Phi) is 4.36. The molecule has 0 radical (unpaired) electrons. The van der Waals surface area contributed by atoms with Gasteiger partial charge in [-0.15, -0.1) is 0 Å². The van der Waals surface area contributed by atoms with E-state index < -0.39 is 0 Å². The van der Waals surface area contributed by atoms with Crippen LogP contribution >= 0.6 is 0 Å². The molecule has 0 aromatic heterocycles. The highest BCUT2D eigenvalue weighted by Gasteiger charge is 2.24. The first kappa shape index (κ1) is 11.8. The van der Waals surface area contributed by atoms with Crippen LogP contribution in [0.3, 0.4) is 0 Å². The normalized spacial score (nSPS) is 18.9. The molecule has 1 heterocycles. The van der Waals surface area contributed by atoms with E-state index in [0.717, 1.165) is 12.8 Å². The van der Waals surface area contributed by atoms with Gasteiger partial charge in [-0.1, -0.05) is 5.16 Å². The number of nitrogens with zero attached hydrogens (tertiary/aromatic N) is 2. The highest BCUT2D eigenvalue weighted by atomic mass is 16.5. The number of ether oxygens (including phenoxy) is 1. The van der Waals surface area contributed by atoms with E-state index in [0.29, 0.717) is 13.2 Å². The van der Waals surface area contributed by atoms with Crippen LogP contribution in [0, 0.1) is 5.92 Å². The number of hydrogen-bond donors (Lipinski definition) is 2. The molecule has 1 aliphatic rings. The van der Waals surface area contributed by atoms with Gasteiger partial charge in [0.2, 0.25) is 5.91 Å². The molecule has 0 aromatic carbocycles. The number of rotatable bonds is 3. The third kappa shape index (κ3) is 3.39. The van der Waals surface area contributed by atoms with Crippen molar-refractivity contribution in [2.45, 2.75) is 12.8 Å². The van der Waals surface area contributed by atoms with Gasteiger partial charge in [-0.2, -0.15) is 0 Å². The van der Waals surface area contributed by atoms with E-state index in [2.05, 4.69) is 5.16 Å². The summed E-state index contributed by atoms with van der Waals surface area (Å²) >= 11 is 0. The average Bonchev–Trinajstić information content (AvgIpc) is 2.29. The summed E-state index contributed by atoms with van der Waals surface area (Å²) in [5.74, 6) is 0.0815. The number of nitrogens with two attached hydrogens (primary N) is 1. The minimum Gasteiger partial charge on any atom is -0.409 e. The fourth-order valence-corrected chi connectivity index (χ4v) is 1.61. The second-order valence-corrected chi connectivity index (χ2v) is 3.67. The molecule has 1 amide bonds. The van der Waals surface area contributed by atoms with E-state index in [-0.39, 0.29) is 24.2 Å². The fourth-order valence-electron chi connectivity index (χ4n) is 1.61. The molecule has 0 aromatic rings. The number of oxime groups is 1. The van der Waals surface area contributed by atoms with Gasteiger partial charge in [-0.05, 0) is 12.8 Å². The summed E-state index contributed by atoms with van der Waals surface area (Å²) in [6.07, 6.45) is 1.50. The molecule has 0 bridgehead atoms. The largest absolute Gasteiger partial charge is 0.409 e. The van der Waals surface area contributed by atoms with E-state index in [1.54, 1.807) is 7.05 Å². The van der Waals surface area contributed by atoms with E-state index in [4.69, 9.17) is 15.7 Å². The Morgan fingerprint density at radius 3 is 2.73 bits per heavy atom. The standard InChI is InChI=1S/C9H17N3O3/c1-12(6-8(10)11-14)9(13)7-2-4-15-5-3-7/h7,14H,2-6H2,1H3,(H2,10,11). The Hall–Kier alpha value is -1.30. The zero-order valence-electron chi connectivity index (χ0n) is 8.85. The van der Waals surface area contributed by atoms with Crippen molar-refractivity contribution in [2.24, 2.45) is 16.8 Å². The van der Waals surface area contributed by atoms with E-state index in [1.807, 2.05) is 0 Å². The lowest BCUT2D eigenvalue weighted by molar-refractivity contribution is -0.136. The van der Waals surface area contributed by atoms with Crippen LogP contribution in [-0.4, -0.2) is 48.7 Å². The van der Waals surface area contributed by atoms with Crippen LogP contribution in [0.5, 0.6) is 0 Å². The third-order valence-electron chi connectivity index (χ3n) is 2.47. The predicted molar refractivity (Wildman–Crippen MR) is 54.6 cm³/mol. The van der Waals surface area contributed by atoms with Crippen molar-refractivity contribution in [3.8, 4) is 0 Å². The summed E-state index contributed by atoms with van der Waals surface area (Å²) in [6.45, 7) is 1.42. The Labute approximate surface area is 88.7 Å². The second kappa shape index (κ2) is 5.55. The molecule has 0 unspecified atom stereocenters. The van der Waals surface area contributed by atoms with Gasteiger partial charge in [-0.25, -0.2) is 0 Å². The SMILES string of the molecule is CN(CC(N)=NO)C(=O)C1CCOCC1. The van der Waals surface area contributed by atoms with E-state index in [1.165, 1.54) is 4.90 Å². The van der Waals surface area contributed by atoms with Crippen molar-refractivity contribution >= 4 is 11.7 Å². The molecule has 15 heavy (non-hydrogen) atoms. The molecule has 1 aliphatic heterocycles. The topological polar surface area (TPSA) is 88.1 Å². The zero-order chi connectivity index (χ0) is 11.3. The zero-order valence-corrected chi connectivity index (χ0v) is 8.85. The van der Waals surface area contributed by atoms with Crippen molar-refractivity contribution < 1.29 is 14.7 Å². The number of amides is 1. The first-order chi connectivity index (χ1) is 7.15. The molecule has 1 saturated heterocycles. The lowest BCUT2D eigenvalue weighted by Gasteiger charge is -2.26. The molecule has 86 valence electrons. The van der Waals surface area contributed by atoms with Crippen molar-refractivity contribution in [3.63, 3.8) is 0 Å². The van der Waals surface area contributed by atoms with Crippen molar-refractivity contribution in [3.05, 3.63) is 0 Å². The number of carbonyl (C=O) groups is 1. The van der Waals surface area contributed by atoms with Crippen LogP contribution in [0.1, 0.15) is 12.8 Å². The lowest BCUT2D eigenvalue weighted by Crippen LogP contribution is -2.40. The van der Waals surface area contributed by atoms with Crippen LogP contribution in [-0.2, 0) is 9.53 Å². The quantitative estimate of drug-likeness (QED) is 0.291.